The molecule has 90 valence electrons. The van der Waals surface area contributed by atoms with E-state index in [2.05, 4.69) is 16.4 Å². The summed E-state index contributed by atoms with van der Waals surface area (Å²) in [4.78, 5) is 3.93. The molecule has 1 atom stereocenters. The molecule has 1 N–H and O–H groups in total. The van der Waals surface area contributed by atoms with Crippen LogP contribution in [0.2, 0.25) is 0 Å². The van der Waals surface area contributed by atoms with Gasteiger partial charge in [0, 0.05) is 12.2 Å². The minimum atomic E-state index is -2.94. The Hall–Kier alpha value is -1.61. The molecule has 6 heteroatoms. The fraction of sp³-hybridized carbons (Fsp3) is 0.455. The van der Waals surface area contributed by atoms with Gasteiger partial charge >= 0.3 is 0 Å². The molecular formula is C11H13N3O2S. The number of hydrogen-bond acceptors (Lipinski definition) is 5. The van der Waals surface area contributed by atoms with E-state index in [0.717, 1.165) is 6.42 Å². The smallest absolute Gasteiger partial charge is 0.152 e. The van der Waals surface area contributed by atoms with Crippen LogP contribution in [0.5, 0.6) is 0 Å². The maximum atomic E-state index is 11.5. The molecule has 1 unspecified atom stereocenters. The van der Waals surface area contributed by atoms with Gasteiger partial charge in [-0.2, -0.15) is 5.26 Å². The third-order valence-corrected chi connectivity index (χ3v) is 4.59. The van der Waals surface area contributed by atoms with E-state index >= 15 is 0 Å². The van der Waals surface area contributed by atoms with E-state index in [9.17, 15) is 8.42 Å². The van der Waals surface area contributed by atoms with Gasteiger partial charge in [-0.15, -0.1) is 0 Å². The molecule has 0 aromatic carbocycles. The fourth-order valence-corrected chi connectivity index (χ4v) is 3.60. The Labute approximate surface area is 100 Å². The Morgan fingerprint density at radius 1 is 1.53 bits per heavy atom. The largest absolute Gasteiger partial charge is 0.379 e. The normalized spacial score (nSPS) is 22.6. The van der Waals surface area contributed by atoms with Crippen molar-refractivity contribution in [1.82, 2.24) is 4.98 Å². The molecule has 2 rings (SSSR count). The first-order chi connectivity index (χ1) is 8.11. The summed E-state index contributed by atoms with van der Waals surface area (Å²) in [5.41, 5.74) is 1.10. The summed E-state index contributed by atoms with van der Waals surface area (Å²) >= 11 is 0. The number of rotatable bonds is 2. The molecule has 1 aliphatic rings. The average molecular weight is 251 g/mol. The Bertz CT molecular complexity index is 548. The summed E-state index contributed by atoms with van der Waals surface area (Å²) in [7, 11) is -2.94. The molecule has 1 fully saturated rings. The minimum Gasteiger partial charge on any atom is -0.379 e. The van der Waals surface area contributed by atoms with E-state index in [4.69, 9.17) is 5.26 Å². The van der Waals surface area contributed by atoms with E-state index in [-0.39, 0.29) is 17.5 Å². The van der Waals surface area contributed by atoms with Crippen molar-refractivity contribution in [2.75, 3.05) is 16.8 Å². The zero-order valence-electron chi connectivity index (χ0n) is 9.26. The maximum Gasteiger partial charge on any atom is 0.152 e. The highest BCUT2D eigenvalue weighted by molar-refractivity contribution is 7.91. The van der Waals surface area contributed by atoms with Crippen LogP contribution in [0.1, 0.15) is 18.4 Å². The Balaban J connectivity index is 2.14. The highest BCUT2D eigenvalue weighted by Crippen LogP contribution is 2.19. The molecule has 0 saturated carbocycles. The van der Waals surface area contributed by atoms with Gasteiger partial charge in [0.15, 0.2) is 9.84 Å². The number of pyridine rings is 1. The van der Waals surface area contributed by atoms with Crippen molar-refractivity contribution >= 4 is 15.5 Å². The van der Waals surface area contributed by atoms with E-state index in [1.54, 1.807) is 18.5 Å². The number of nitrogens with one attached hydrogen (secondary N) is 1. The molecule has 2 heterocycles. The van der Waals surface area contributed by atoms with Crippen molar-refractivity contribution in [3.8, 4) is 6.07 Å². The summed E-state index contributed by atoms with van der Waals surface area (Å²) in [5, 5.41) is 12.0. The van der Waals surface area contributed by atoms with E-state index in [0.29, 0.717) is 17.7 Å². The van der Waals surface area contributed by atoms with Crippen LogP contribution >= 0.6 is 0 Å². The molecule has 5 nitrogen and oxygen atoms in total. The number of sulfone groups is 1. The van der Waals surface area contributed by atoms with Crippen LogP contribution in [0.15, 0.2) is 18.5 Å². The van der Waals surface area contributed by atoms with Crippen LogP contribution in [0.4, 0.5) is 5.69 Å². The second-order valence-electron chi connectivity index (χ2n) is 4.13. The first kappa shape index (κ1) is 11.9. The van der Waals surface area contributed by atoms with Gasteiger partial charge in [0.05, 0.1) is 29.0 Å². The van der Waals surface area contributed by atoms with Crippen molar-refractivity contribution in [2.45, 2.75) is 18.9 Å². The summed E-state index contributed by atoms with van der Waals surface area (Å²) < 4.78 is 23.0. The van der Waals surface area contributed by atoms with Gasteiger partial charge in [-0.1, -0.05) is 0 Å². The predicted octanol–water partition coefficient (Wildman–Crippen LogP) is 0.942. The third-order valence-electron chi connectivity index (χ3n) is 2.76. The highest BCUT2D eigenvalue weighted by Gasteiger charge is 2.24. The first-order valence-corrected chi connectivity index (χ1v) is 7.24. The summed E-state index contributed by atoms with van der Waals surface area (Å²) in [6, 6.07) is 3.54. The third kappa shape index (κ3) is 2.94. The van der Waals surface area contributed by atoms with Gasteiger partial charge in [-0.05, 0) is 18.9 Å². The van der Waals surface area contributed by atoms with Crippen LogP contribution in [0, 0.1) is 11.3 Å². The Morgan fingerprint density at radius 3 is 3.06 bits per heavy atom. The average Bonchev–Trinajstić information content (AvgIpc) is 2.28. The Kier molecular flexibility index (Phi) is 3.29. The molecule has 0 radical (unpaired) electrons. The highest BCUT2D eigenvalue weighted by atomic mass is 32.2. The topological polar surface area (TPSA) is 82.8 Å². The molecule has 17 heavy (non-hydrogen) atoms. The number of nitriles is 1. The van der Waals surface area contributed by atoms with Gasteiger partial charge in [0.2, 0.25) is 0 Å². The van der Waals surface area contributed by atoms with Crippen molar-refractivity contribution in [3.63, 3.8) is 0 Å². The van der Waals surface area contributed by atoms with E-state index < -0.39 is 9.84 Å². The number of anilines is 1. The minimum absolute atomic E-state index is 0.120. The second kappa shape index (κ2) is 4.72. The molecular weight excluding hydrogens is 238 g/mol. The van der Waals surface area contributed by atoms with Crippen LogP contribution in [-0.2, 0) is 9.84 Å². The lowest BCUT2D eigenvalue weighted by atomic mass is 10.1. The number of nitrogens with zero attached hydrogens (tertiary/aromatic N) is 2. The lowest BCUT2D eigenvalue weighted by Gasteiger charge is -2.24. The lowest BCUT2D eigenvalue weighted by Crippen LogP contribution is -2.35. The molecule has 1 aromatic heterocycles. The molecule has 1 aliphatic heterocycles. The quantitative estimate of drug-likeness (QED) is 0.845. The molecule has 0 amide bonds. The fourth-order valence-electron chi connectivity index (χ4n) is 1.96. The van der Waals surface area contributed by atoms with Crippen molar-refractivity contribution in [1.29, 1.82) is 5.26 Å². The Morgan fingerprint density at radius 2 is 2.35 bits per heavy atom. The number of hydrogen-bond donors (Lipinski definition) is 1. The van der Waals surface area contributed by atoms with E-state index in [1.165, 1.54) is 0 Å². The maximum absolute atomic E-state index is 11.5. The van der Waals surface area contributed by atoms with Crippen molar-refractivity contribution in [3.05, 3.63) is 24.0 Å². The molecule has 0 aliphatic carbocycles. The summed E-state index contributed by atoms with van der Waals surface area (Å²) in [6.45, 7) is 0. The summed E-state index contributed by atoms with van der Waals surface area (Å²) in [5.74, 6) is 0.399. The second-order valence-corrected chi connectivity index (χ2v) is 6.36. The summed E-state index contributed by atoms with van der Waals surface area (Å²) in [6.07, 6.45) is 4.57. The monoisotopic (exact) mass is 251 g/mol. The first-order valence-electron chi connectivity index (χ1n) is 5.42. The predicted molar refractivity (Wildman–Crippen MR) is 64.3 cm³/mol. The van der Waals surface area contributed by atoms with Gasteiger partial charge in [-0.3, -0.25) is 4.98 Å². The molecule has 0 bridgehead atoms. The number of aromatic nitrogens is 1. The molecule has 1 saturated heterocycles. The zero-order valence-corrected chi connectivity index (χ0v) is 10.1. The van der Waals surface area contributed by atoms with Crippen LogP contribution < -0.4 is 5.32 Å². The van der Waals surface area contributed by atoms with Crippen molar-refractivity contribution in [2.24, 2.45) is 0 Å². The zero-order chi connectivity index (χ0) is 12.3. The van der Waals surface area contributed by atoms with Gasteiger partial charge in [0.25, 0.3) is 0 Å². The molecule has 0 spiro atoms. The van der Waals surface area contributed by atoms with Gasteiger partial charge < -0.3 is 5.32 Å². The lowest BCUT2D eigenvalue weighted by molar-refractivity contribution is 0.562. The van der Waals surface area contributed by atoms with Crippen LogP contribution in [0.3, 0.4) is 0 Å². The van der Waals surface area contributed by atoms with Crippen molar-refractivity contribution < 1.29 is 8.42 Å². The van der Waals surface area contributed by atoms with E-state index in [1.807, 2.05) is 0 Å². The SMILES string of the molecule is N#Cc1ccncc1NC1CCCS(=O)(=O)C1. The standard InChI is InChI=1S/C11H13N3O2S/c12-6-9-3-4-13-7-11(9)14-10-2-1-5-17(15,16)8-10/h3-4,7,10,14H,1-2,5,8H2. The van der Waals surface area contributed by atoms with Gasteiger partial charge in [0.1, 0.15) is 6.07 Å². The van der Waals surface area contributed by atoms with Crippen LogP contribution in [-0.4, -0.2) is 30.9 Å². The van der Waals surface area contributed by atoms with Crippen LogP contribution in [0.25, 0.3) is 0 Å². The molecule has 1 aromatic rings. The van der Waals surface area contributed by atoms with Gasteiger partial charge in [-0.25, -0.2) is 8.42 Å².